The molecule has 0 radical (unpaired) electrons. The molecule has 1 unspecified atom stereocenters. The lowest BCUT2D eigenvalue weighted by Crippen LogP contribution is -2.23. The first-order valence-electron chi connectivity index (χ1n) is 9.04. The number of ether oxygens (including phenoxy) is 1. The van der Waals surface area contributed by atoms with E-state index in [0.29, 0.717) is 17.7 Å². The second-order valence-electron chi connectivity index (χ2n) is 6.62. The Morgan fingerprint density at radius 3 is 2.77 bits per heavy atom. The molecule has 1 N–H and O–H groups in total. The maximum atomic E-state index is 12.9. The van der Waals surface area contributed by atoms with Crippen LogP contribution in [0.3, 0.4) is 0 Å². The van der Waals surface area contributed by atoms with Crippen LogP contribution in [0.2, 0.25) is 0 Å². The molecule has 2 aromatic rings. The highest BCUT2D eigenvalue weighted by atomic mass is 32.1. The largest absolute Gasteiger partial charge is 0.372 e. The average Bonchev–Trinajstić information content (AvgIpc) is 3.34. The molecule has 4 nitrogen and oxygen atoms in total. The van der Waals surface area contributed by atoms with Crippen LogP contribution in [0.4, 0.5) is 5.13 Å². The predicted octanol–water partition coefficient (Wildman–Crippen LogP) is 4.44. The molecule has 136 valence electrons. The summed E-state index contributed by atoms with van der Waals surface area (Å²) in [5.41, 5.74) is 1.98. The third kappa shape index (κ3) is 5.17. The zero-order valence-electron chi connectivity index (χ0n) is 15.0. The highest BCUT2D eigenvalue weighted by Gasteiger charge is 2.27. The monoisotopic (exact) mass is 368 g/mol. The number of nitrogens with one attached hydrogen (secondary N) is 1. The first-order chi connectivity index (χ1) is 12.8. The van der Waals surface area contributed by atoms with Crippen LogP contribution >= 0.6 is 11.3 Å². The van der Waals surface area contributed by atoms with Gasteiger partial charge in [0.2, 0.25) is 5.91 Å². The Bertz CT molecular complexity index is 754. The zero-order valence-corrected chi connectivity index (χ0v) is 15.8. The van der Waals surface area contributed by atoms with E-state index in [-0.39, 0.29) is 11.8 Å². The summed E-state index contributed by atoms with van der Waals surface area (Å²) in [7, 11) is 1.63. The minimum atomic E-state index is -0.150. The molecule has 26 heavy (non-hydrogen) atoms. The average molecular weight is 369 g/mol. The topological polar surface area (TPSA) is 51.2 Å². The standard InChI is InChI=1S/C21H24N2O2S/c1-25-13-4-7-16-8-10-18(11-9-16)19(15-17-5-2-3-6-17)20(24)23-21-22-12-14-26-21/h8-12,14,17,19H,2-3,5-6,13,15H2,1H3,(H,22,23,24). The second kappa shape index (κ2) is 9.51. The molecule has 1 amide bonds. The molecule has 1 atom stereocenters. The normalized spacial score (nSPS) is 15.3. The molecule has 0 saturated heterocycles. The minimum absolute atomic E-state index is 0.0325. The molecule has 1 aliphatic rings. The Labute approximate surface area is 159 Å². The van der Waals surface area contributed by atoms with Crippen LogP contribution < -0.4 is 5.32 Å². The lowest BCUT2D eigenvalue weighted by molar-refractivity contribution is -0.118. The Hall–Kier alpha value is -2.16. The van der Waals surface area contributed by atoms with Crippen LogP contribution in [-0.4, -0.2) is 24.6 Å². The number of nitrogens with zero attached hydrogens (tertiary/aromatic N) is 1. The van der Waals surface area contributed by atoms with Crippen LogP contribution in [-0.2, 0) is 9.53 Å². The van der Waals surface area contributed by atoms with Crippen molar-refractivity contribution in [1.29, 1.82) is 0 Å². The van der Waals surface area contributed by atoms with Crippen LogP contribution in [0.5, 0.6) is 0 Å². The van der Waals surface area contributed by atoms with Crippen LogP contribution in [0, 0.1) is 17.8 Å². The van der Waals surface area contributed by atoms with E-state index < -0.39 is 0 Å². The van der Waals surface area contributed by atoms with Crippen molar-refractivity contribution in [2.24, 2.45) is 5.92 Å². The molecule has 5 heteroatoms. The van der Waals surface area contributed by atoms with Crippen LogP contribution in [0.15, 0.2) is 35.8 Å². The van der Waals surface area contributed by atoms with Crippen molar-refractivity contribution in [2.75, 3.05) is 19.0 Å². The number of carbonyl (C=O) groups is 1. The third-order valence-corrected chi connectivity index (χ3v) is 5.47. The smallest absolute Gasteiger partial charge is 0.233 e. The van der Waals surface area contributed by atoms with Gasteiger partial charge < -0.3 is 10.1 Å². The molecule has 1 heterocycles. The first kappa shape index (κ1) is 18.6. The summed E-state index contributed by atoms with van der Waals surface area (Å²) in [6.45, 7) is 0.419. The summed E-state index contributed by atoms with van der Waals surface area (Å²) in [6.07, 6.45) is 7.61. The van der Waals surface area contributed by atoms with Crippen molar-refractivity contribution >= 4 is 22.4 Å². The number of benzene rings is 1. The molecule has 0 bridgehead atoms. The molecule has 0 spiro atoms. The highest BCUT2D eigenvalue weighted by Crippen LogP contribution is 2.35. The molecular formula is C21H24N2O2S. The predicted molar refractivity (Wildman–Crippen MR) is 105 cm³/mol. The Kier molecular flexibility index (Phi) is 6.82. The van der Waals surface area contributed by atoms with Gasteiger partial charge in [-0.2, -0.15) is 0 Å². The van der Waals surface area contributed by atoms with E-state index in [4.69, 9.17) is 4.74 Å². The summed E-state index contributed by atoms with van der Waals surface area (Å²) in [4.78, 5) is 17.1. The molecule has 1 fully saturated rings. The van der Waals surface area contributed by atoms with Crippen molar-refractivity contribution in [2.45, 2.75) is 38.0 Å². The number of thiazole rings is 1. The molecular weight excluding hydrogens is 344 g/mol. The van der Waals surface area contributed by atoms with Gasteiger partial charge in [-0.25, -0.2) is 4.98 Å². The van der Waals surface area contributed by atoms with Crippen molar-refractivity contribution < 1.29 is 9.53 Å². The third-order valence-electron chi connectivity index (χ3n) is 4.79. The fourth-order valence-electron chi connectivity index (χ4n) is 3.46. The van der Waals surface area contributed by atoms with E-state index in [1.165, 1.54) is 37.0 Å². The van der Waals surface area contributed by atoms with E-state index in [2.05, 4.69) is 22.1 Å². The van der Waals surface area contributed by atoms with Crippen molar-refractivity contribution in [3.63, 3.8) is 0 Å². The van der Waals surface area contributed by atoms with Crippen molar-refractivity contribution in [3.8, 4) is 11.8 Å². The van der Waals surface area contributed by atoms with E-state index in [0.717, 1.165) is 17.5 Å². The van der Waals surface area contributed by atoms with Gasteiger partial charge in [0.15, 0.2) is 5.13 Å². The number of aromatic nitrogens is 1. The number of amides is 1. The van der Waals surface area contributed by atoms with Gasteiger partial charge in [-0.3, -0.25) is 4.79 Å². The molecule has 3 rings (SSSR count). The second-order valence-corrected chi connectivity index (χ2v) is 7.52. The van der Waals surface area contributed by atoms with Gasteiger partial charge in [0.25, 0.3) is 0 Å². The number of rotatable bonds is 6. The maximum Gasteiger partial charge on any atom is 0.233 e. The van der Waals surface area contributed by atoms with Gasteiger partial charge in [-0.1, -0.05) is 49.7 Å². The molecule has 1 aromatic carbocycles. The first-order valence-corrected chi connectivity index (χ1v) is 9.92. The minimum Gasteiger partial charge on any atom is -0.372 e. The highest BCUT2D eigenvalue weighted by molar-refractivity contribution is 7.13. The summed E-state index contributed by atoms with van der Waals surface area (Å²) in [5.74, 6) is 6.53. The summed E-state index contributed by atoms with van der Waals surface area (Å²) >= 11 is 1.45. The zero-order chi connectivity index (χ0) is 18.2. The number of carbonyl (C=O) groups excluding carboxylic acids is 1. The van der Waals surface area contributed by atoms with E-state index in [1.54, 1.807) is 13.3 Å². The molecule has 1 aromatic heterocycles. The lowest BCUT2D eigenvalue weighted by atomic mass is 9.87. The summed E-state index contributed by atoms with van der Waals surface area (Å²) < 4.78 is 4.95. The maximum absolute atomic E-state index is 12.9. The van der Waals surface area contributed by atoms with Gasteiger partial charge in [0.1, 0.15) is 6.61 Å². The quantitative estimate of drug-likeness (QED) is 0.767. The molecule has 1 saturated carbocycles. The number of anilines is 1. The van der Waals surface area contributed by atoms with Gasteiger partial charge in [-0.05, 0) is 30.0 Å². The molecule has 0 aliphatic heterocycles. The lowest BCUT2D eigenvalue weighted by Gasteiger charge is -2.20. The van der Waals surface area contributed by atoms with E-state index >= 15 is 0 Å². The van der Waals surface area contributed by atoms with Gasteiger partial charge in [0, 0.05) is 24.3 Å². The Balaban J connectivity index is 1.75. The van der Waals surface area contributed by atoms with E-state index in [9.17, 15) is 4.79 Å². The SMILES string of the molecule is COCC#Cc1ccc(C(CC2CCCC2)C(=O)Nc2nccs2)cc1. The Morgan fingerprint density at radius 2 is 2.12 bits per heavy atom. The van der Waals surface area contributed by atoms with E-state index in [1.807, 2.05) is 29.6 Å². The Morgan fingerprint density at radius 1 is 1.35 bits per heavy atom. The fourth-order valence-corrected chi connectivity index (χ4v) is 3.99. The number of hydrogen-bond donors (Lipinski definition) is 1. The summed E-state index contributed by atoms with van der Waals surface area (Å²) in [6, 6.07) is 8.02. The molecule has 1 aliphatic carbocycles. The van der Waals surface area contributed by atoms with Crippen LogP contribution in [0.25, 0.3) is 0 Å². The van der Waals surface area contributed by atoms with Crippen molar-refractivity contribution in [3.05, 3.63) is 47.0 Å². The van der Waals surface area contributed by atoms with Crippen molar-refractivity contribution in [1.82, 2.24) is 4.98 Å². The fraction of sp³-hybridized carbons (Fsp3) is 0.429. The van der Waals surface area contributed by atoms with Crippen LogP contribution in [0.1, 0.15) is 49.1 Å². The van der Waals surface area contributed by atoms with Gasteiger partial charge >= 0.3 is 0 Å². The van der Waals surface area contributed by atoms with Gasteiger partial charge in [-0.15, -0.1) is 11.3 Å². The number of methoxy groups -OCH3 is 1. The summed E-state index contributed by atoms with van der Waals surface area (Å²) in [5, 5.41) is 5.51. The van der Waals surface area contributed by atoms with Gasteiger partial charge in [0.05, 0.1) is 5.92 Å². The number of hydrogen-bond acceptors (Lipinski definition) is 4.